The van der Waals surface area contributed by atoms with E-state index in [0.717, 1.165) is 17.7 Å². The molecule has 0 unspecified atom stereocenters. The fourth-order valence-electron chi connectivity index (χ4n) is 3.65. The summed E-state index contributed by atoms with van der Waals surface area (Å²) < 4.78 is 6.06. The van der Waals surface area contributed by atoms with Crippen LogP contribution in [0.4, 0.5) is 4.79 Å². The van der Waals surface area contributed by atoms with Gasteiger partial charge in [-0.15, -0.1) is 17.9 Å². The molecule has 1 atom stereocenters. The Balaban J connectivity index is 1.75. The molecule has 1 aromatic heterocycles. The van der Waals surface area contributed by atoms with Crippen LogP contribution in [-0.4, -0.2) is 54.0 Å². The molecule has 3 amide bonds. The minimum atomic E-state index is -0.260. The molecule has 0 fully saturated rings. The number of hydrogen-bond donors (Lipinski definition) is 1. The molecule has 0 saturated carbocycles. The van der Waals surface area contributed by atoms with Crippen molar-refractivity contribution in [1.29, 1.82) is 0 Å². The third-order valence-corrected chi connectivity index (χ3v) is 6.22. The number of amides is 3. The van der Waals surface area contributed by atoms with Gasteiger partial charge in [-0.2, -0.15) is 0 Å². The molecule has 0 saturated heterocycles. The number of fused-ring (bicyclic) bond motifs is 1. The summed E-state index contributed by atoms with van der Waals surface area (Å²) in [5.74, 6) is 0.694. The van der Waals surface area contributed by atoms with Crippen LogP contribution >= 0.6 is 11.3 Å². The minimum absolute atomic E-state index is 0.00504. The number of thiophene rings is 1. The second-order valence-electron chi connectivity index (χ2n) is 8.05. The summed E-state index contributed by atoms with van der Waals surface area (Å²) in [5, 5.41) is 4.92. The number of urea groups is 1. The lowest BCUT2D eigenvalue weighted by molar-refractivity contribution is -0.135. The summed E-state index contributed by atoms with van der Waals surface area (Å²) in [4.78, 5) is 30.4. The third kappa shape index (κ3) is 5.88. The predicted octanol–water partition coefficient (Wildman–Crippen LogP) is 4.17. The van der Waals surface area contributed by atoms with E-state index in [1.165, 1.54) is 15.3 Å². The first kappa shape index (κ1) is 22.9. The van der Waals surface area contributed by atoms with E-state index >= 15 is 0 Å². The molecule has 31 heavy (non-hydrogen) atoms. The van der Waals surface area contributed by atoms with Gasteiger partial charge in [0, 0.05) is 24.0 Å². The topological polar surface area (TPSA) is 61.9 Å². The largest absolute Gasteiger partial charge is 0.491 e. The average molecular weight is 442 g/mol. The zero-order valence-corrected chi connectivity index (χ0v) is 19.3. The summed E-state index contributed by atoms with van der Waals surface area (Å²) in [5.41, 5.74) is 2.31. The molecule has 1 N–H and O–H groups in total. The van der Waals surface area contributed by atoms with Crippen molar-refractivity contribution < 1.29 is 14.3 Å². The highest BCUT2D eigenvalue weighted by atomic mass is 32.1. The third-order valence-electron chi connectivity index (χ3n) is 5.22. The number of carbonyl (C=O) groups excluding carboxylic acids is 2. The van der Waals surface area contributed by atoms with Crippen molar-refractivity contribution in [2.45, 2.75) is 39.3 Å². The monoisotopic (exact) mass is 441 g/mol. The highest BCUT2D eigenvalue weighted by Gasteiger charge is 2.33. The van der Waals surface area contributed by atoms with Crippen molar-refractivity contribution in [3.8, 4) is 5.75 Å². The Morgan fingerprint density at radius 2 is 2.06 bits per heavy atom. The van der Waals surface area contributed by atoms with Crippen molar-refractivity contribution in [3.63, 3.8) is 0 Å². The molecule has 1 aliphatic rings. The van der Waals surface area contributed by atoms with E-state index in [1.807, 2.05) is 49.9 Å². The number of ether oxygens (including phenoxy) is 1. The Labute approximate surface area is 188 Å². The lowest BCUT2D eigenvalue weighted by Gasteiger charge is -2.37. The van der Waals surface area contributed by atoms with Crippen molar-refractivity contribution in [3.05, 3.63) is 64.4 Å². The van der Waals surface area contributed by atoms with Crippen LogP contribution in [-0.2, 0) is 11.2 Å². The summed E-state index contributed by atoms with van der Waals surface area (Å²) in [7, 11) is 0. The van der Waals surface area contributed by atoms with Gasteiger partial charge in [0.1, 0.15) is 18.9 Å². The highest BCUT2D eigenvalue weighted by Crippen LogP contribution is 2.34. The number of carbonyl (C=O) groups is 2. The normalized spacial score (nSPS) is 15.4. The second kappa shape index (κ2) is 10.5. The number of nitrogens with zero attached hydrogens (tertiary/aromatic N) is 2. The molecule has 1 aliphatic heterocycles. The van der Waals surface area contributed by atoms with Crippen LogP contribution in [0, 0.1) is 6.92 Å². The summed E-state index contributed by atoms with van der Waals surface area (Å²) >= 11 is 1.72. The first-order valence-corrected chi connectivity index (χ1v) is 11.5. The van der Waals surface area contributed by atoms with E-state index in [0.29, 0.717) is 19.7 Å². The standard InChI is InChI=1S/C24H31N3O3S/c1-5-12-26(24(29)25-17(2)3)15-23(28)27-13-10-22-20(11-14-31-22)21(27)16-30-19-8-6-18(4)7-9-19/h5-9,11,14,17,21H,1,10,12-13,15-16H2,2-4H3,(H,25,29)/t21-/m1/s1. The van der Waals surface area contributed by atoms with E-state index in [1.54, 1.807) is 17.4 Å². The molecular formula is C24H31N3O3S. The molecule has 1 aromatic carbocycles. The van der Waals surface area contributed by atoms with Crippen LogP contribution < -0.4 is 10.1 Å². The van der Waals surface area contributed by atoms with Crippen LogP contribution in [0.25, 0.3) is 0 Å². The van der Waals surface area contributed by atoms with Crippen LogP contribution in [0.5, 0.6) is 5.75 Å². The number of benzene rings is 1. The van der Waals surface area contributed by atoms with Gasteiger partial charge in [-0.05, 0) is 56.3 Å². The molecular weight excluding hydrogens is 410 g/mol. The van der Waals surface area contributed by atoms with Gasteiger partial charge in [-0.1, -0.05) is 23.8 Å². The lowest BCUT2D eigenvalue weighted by Crippen LogP contribution is -2.50. The molecule has 0 radical (unpaired) electrons. The van der Waals surface area contributed by atoms with Gasteiger partial charge in [0.05, 0.1) is 6.04 Å². The number of hydrogen-bond acceptors (Lipinski definition) is 4. The van der Waals surface area contributed by atoms with Crippen molar-refractivity contribution >= 4 is 23.3 Å². The number of nitrogens with one attached hydrogen (secondary N) is 1. The van der Waals surface area contributed by atoms with Gasteiger partial charge < -0.3 is 19.9 Å². The molecule has 0 aliphatic carbocycles. The van der Waals surface area contributed by atoms with Gasteiger partial charge in [0.15, 0.2) is 0 Å². The van der Waals surface area contributed by atoms with Crippen LogP contribution in [0.3, 0.4) is 0 Å². The Morgan fingerprint density at radius 3 is 2.74 bits per heavy atom. The highest BCUT2D eigenvalue weighted by molar-refractivity contribution is 7.10. The van der Waals surface area contributed by atoms with E-state index in [4.69, 9.17) is 4.74 Å². The van der Waals surface area contributed by atoms with Gasteiger partial charge in [-0.3, -0.25) is 4.79 Å². The maximum Gasteiger partial charge on any atom is 0.318 e. The molecule has 6 nitrogen and oxygen atoms in total. The maximum absolute atomic E-state index is 13.3. The Kier molecular flexibility index (Phi) is 7.74. The van der Waals surface area contributed by atoms with Crippen LogP contribution in [0.1, 0.15) is 35.9 Å². The number of aryl methyl sites for hydroxylation is 1. The first-order valence-electron chi connectivity index (χ1n) is 10.6. The lowest BCUT2D eigenvalue weighted by atomic mass is 10.0. The van der Waals surface area contributed by atoms with Crippen LogP contribution in [0.15, 0.2) is 48.4 Å². The molecule has 2 aromatic rings. The SMILES string of the molecule is C=CCN(CC(=O)N1CCc2sccc2[C@H]1COc1ccc(C)cc1)C(=O)NC(C)C. The second-order valence-corrected chi connectivity index (χ2v) is 9.05. The molecule has 2 heterocycles. The van der Waals surface area contributed by atoms with Crippen molar-refractivity contribution in [1.82, 2.24) is 15.1 Å². The van der Waals surface area contributed by atoms with Gasteiger partial charge in [-0.25, -0.2) is 4.79 Å². The van der Waals surface area contributed by atoms with Crippen molar-refractivity contribution in [2.75, 3.05) is 26.2 Å². The number of rotatable bonds is 8. The smallest absolute Gasteiger partial charge is 0.318 e. The summed E-state index contributed by atoms with van der Waals surface area (Å²) in [6.07, 6.45) is 2.46. The van der Waals surface area contributed by atoms with E-state index < -0.39 is 0 Å². The fourth-order valence-corrected chi connectivity index (χ4v) is 4.58. The average Bonchev–Trinajstić information content (AvgIpc) is 3.21. The van der Waals surface area contributed by atoms with Gasteiger partial charge >= 0.3 is 6.03 Å². The van der Waals surface area contributed by atoms with E-state index in [-0.39, 0.29) is 30.6 Å². The Bertz CT molecular complexity index is 907. The molecule has 0 spiro atoms. The summed E-state index contributed by atoms with van der Waals surface area (Å²) in [6, 6.07) is 9.54. The van der Waals surface area contributed by atoms with E-state index in [2.05, 4.69) is 23.3 Å². The zero-order chi connectivity index (χ0) is 22.4. The molecule has 7 heteroatoms. The fraction of sp³-hybridized carbons (Fsp3) is 0.417. The predicted molar refractivity (Wildman–Crippen MR) is 125 cm³/mol. The summed E-state index contributed by atoms with van der Waals surface area (Å²) in [6.45, 7) is 10.9. The quantitative estimate of drug-likeness (QED) is 0.626. The van der Waals surface area contributed by atoms with Crippen LogP contribution in [0.2, 0.25) is 0 Å². The first-order chi connectivity index (χ1) is 14.9. The van der Waals surface area contributed by atoms with Gasteiger partial charge in [0.2, 0.25) is 5.91 Å². The van der Waals surface area contributed by atoms with Crippen molar-refractivity contribution in [2.24, 2.45) is 0 Å². The molecule has 0 bridgehead atoms. The van der Waals surface area contributed by atoms with Gasteiger partial charge in [0.25, 0.3) is 0 Å². The molecule has 3 rings (SSSR count). The minimum Gasteiger partial charge on any atom is -0.491 e. The Hall–Kier alpha value is -2.80. The maximum atomic E-state index is 13.3. The zero-order valence-electron chi connectivity index (χ0n) is 18.5. The Morgan fingerprint density at radius 1 is 1.32 bits per heavy atom. The molecule has 166 valence electrons. The van der Waals surface area contributed by atoms with E-state index in [9.17, 15) is 9.59 Å².